The maximum absolute atomic E-state index is 14.1. The van der Waals surface area contributed by atoms with E-state index < -0.39 is 23.7 Å². The molecule has 0 unspecified atom stereocenters. The Hall–Kier alpha value is -5.00. The minimum Gasteiger partial charge on any atom is -0.465 e. The molecule has 0 bridgehead atoms. The highest BCUT2D eigenvalue weighted by Gasteiger charge is 2.36. The molecule has 0 spiro atoms. The highest BCUT2D eigenvalue weighted by molar-refractivity contribution is 6.04. The lowest BCUT2D eigenvalue weighted by Crippen LogP contribution is -2.16. The predicted molar refractivity (Wildman–Crippen MR) is 149 cm³/mol. The van der Waals surface area contributed by atoms with Crippen LogP contribution in [0.5, 0.6) is 0 Å². The molecule has 3 aromatic heterocycles. The Bertz CT molecular complexity index is 1860. The van der Waals surface area contributed by atoms with Gasteiger partial charge in [-0.05, 0) is 62.6 Å². The third kappa shape index (κ3) is 5.35. The minimum atomic E-state index is -4.75. The molecule has 5 rings (SSSR count). The molecule has 5 aromatic rings. The number of methoxy groups -OCH3 is 1. The molecule has 0 saturated carbocycles. The number of halogens is 3. The molecule has 1 amide bonds. The summed E-state index contributed by atoms with van der Waals surface area (Å²) in [5.74, 6) is -1.21. The van der Waals surface area contributed by atoms with Crippen molar-refractivity contribution in [3.05, 3.63) is 99.6 Å². The summed E-state index contributed by atoms with van der Waals surface area (Å²) in [5, 5.41) is 11.2. The highest BCUT2D eigenvalue weighted by Crippen LogP contribution is 2.33. The van der Waals surface area contributed by atoms with Gasteiger partial charge in [0, 0.05) is 11.6 Å². The standard InChI is InChI=1S/C30H27F3N6O3/c1-16-10-11-20(12-17(16)2)23-13-25(30(31,32)33)39-26(34-23)14-24(37-39)28(40)35-27-18(3)36-38(19(27)4)15-21-8-6-7-9-22(21)29(41)42-5/h6-14H,15H2,1-5H3,(H,35,40). The minimum absolute atomic E-state index is 0.116. The lowest BCUT2D eigenvalue weighted by atomic mass is 10.0. The first-order valence-corrected chi connectivity index (χ1v) is 12.9. The number of carbonyl (C=O) groups is 2. The number of ether oxygens (including phenoxy) is 1. The lowest BCUT2D eigenvalue weighted by molar-refractivity contribution is -0.142. The number of carbonyl (C=O) groups excluding carboxylic acids is 2. The molecule has 0 saturated heterocycles. The Morgan fingerprint density at radius 3 is 2.38 bits per heavy atom. The quantitative estimate of drug-likeness (QED) is 0.251. The Balaban J connectivity index is 1.48. The summed E-state index contributed by atoms with van der Waals surface area (Å²) in [6, 6.07) is 14.4. The second kappa shape index (κ2) is 10.8. The van der Waals surface area contributed by atoms with Crippen LogP contribution in [0.15, 0.2) is 54.6 Å². The Kier molecular flexibility index (Phi) is 7.31. The first-order valence-electron chi connectivity index (χ1n) is 12.9. The molecule has 9 nitrogen and oxygen atoms in total. The molecule has 42 heavy (non-hydrogen) atoms. The van der Waals surface area contributed by atoms with Gasteiger partial charge < -0.3 is 10.1 Å². The summed E-state index contributed by atoms with van der Waals surface area (Å²) in [5.41, 5.74) is 3.63. The molecule has 0 aliphatic rings. The van der Waals surface area contributed by atoms with Crippen molar-refractivity contribution in [2.24, 2.45) is 0 Å². The maximum atomic E-state index is 14.1. The van der Waals surface area contributed by atoms with E-state index >= 15 is 0 Å². The molecule has 216 valence electrons. The summed E-state index contributed by atoms with van der Waals surface area (Å²) in [6.07, 6.45) is -4.75. The molecule has 2 aromatic carbocycles. The summed E-state index contributed by atoms with van der Waals surface area (Å²) in [6.45, 7) is 7.43. The van der Waals surface area contributed by atoms with Crippen molar-refractivity contribution in [1.29, 1.82) is 0 Å². The van der Waals surface area contributed by atoms with E-state index in [0.29, 0.717) is 38.3 Å². The molecule has 0 aliphatic heterocycles. The Morgan fingerprint density at radius 2 is 1.69 bits per heavy atom. The second-order valence-corrected chi connectivity index (χ2v) is 9.93. The Morgan fingerprint density at radius 1 is 0.952 bits per heavy atom. The number of nitrogens with zero attached hydrogens (tertiary/aromatic N) is 5. The number of aromatic nitrogens is 5. The van der Waals surface area contributed by atoms with Gasteiger partial charge in [0.25, 0.3) is 5.91 Å². The number of alkyl halides is 3. The third-order valence-electron chi connectivity index (χ3n) is 7.12. The van der Waals surface area contributed by atoms with Crippen LogP contribution in [-0.4, -0.2) is 43.4 Å². The first-order chi connectivity index (χ1) is 19.9. The number of amides is 1. The number of anilines is 1. The van der Waals surface area contributed by atoms with E-state index in [2.05, 4.69) is 20.5 Å². The number of rotatable bonds is 6. The van der Waals surface area contributed by atoms with Gasteiger partial charge in [0.05, 0.1) is 42.0 Å². The highest BCUT2D eigenvalue weighted by atomic mass is 19.4. The molecule has 0 atom stereocenters. The molecule has 0 radical (unpaired) electrons. The summed E-state index contributed by atoms with van der Waals surface area (Å²) < 4.78 is 49.3. The van der Waals surface area contributed by atoms with Crippen molar-refractivity contribution in [2.45, 2.75) is 40.4 Å². The SMILES string of the molecule is COC(=O)c1ccccc1Cn1nc(C)c(NC(=O)c2cc3nc(-c4ccc(C)c(C)c4)cc(C(F)(F)F)n3n2)c1C. The van der Waals surface area contributed by atoms with Crippen LogP contribution < -0.4 is 5.32 Å². The van der Waals surface area contributed by atoms with Crippen LogP contribution in [0.4, 0.5) is 18.9 Å². The number of hydrogen-bond acceptors (Lipinski definition) is 6. The number of esters is 1. The van der Waals surface area contributed by atoms with Gasteiger partial charge in [-0.2, -0.15) is 23.4 Å². The van der Waals surface area contributed by atoms with E-state index in [-0.39, 0.29) is 23.6 Å². The lowest BCUT2D eigenvalue weighted by Gasteiger charge is -2.11. The van der Waals surface area contributed by atoms with E-state index in [4.69, 9.17) is 4.74 Å². The van der Waals surface area contributed by atoms with Crippen molar-refractivity contribution in [3.63, 3.8) is 0 Å². The Labute approximate surface area is 239 Å². The molecular formula is C30H27F3N6O3. The average Bonchev–Trinajstić information content (AvgIpc) is 3.50. The van der Waals surface area contributed by atoms with E-state index in [1.165, 1.54) is 13.2 Å². The monoisotopic (exact) mass is 576 g/mol. The number of fused-ring (bicyclic) bond motifs is 1. The van der Waals surface area contributed by atoms with E-state index in [0.717, 1.165) is 17.2 Å². The fourth-order valence-electron chi connectivity index (χ4n) is 4.67. The van der Waals surface area contributed by atoms with Gasteiger partial charge in [-0.1, -0.05) is 30.3 Å². The zero-order chi connectivity index (χ0) is 30.3. The van der Waals surface area contributed by atoms with Crippen molar-refractivity contribution < 1.29 is 27.5 Å². The van der Waals surface area contributed by atoms with Crippen LogP contribution in [0.1, 0.15) is 54.6 Å². The zero-order valence-corrected chi connectivity index (χ0v) is 23.5. The van der Waals surface area contributed by atoms with Gasteiger partial charge in [-0.15, -0.1) is 0 Å². The second-order valence-electron chi connectivity index (χ2n) is 9.93. The fraction of sp³-hybridized carbons (Fsp3) is 0.233. The number of nitrogens with one attached hydrogen (secondary N) is 1. The fourth-order valence-corrected chi connectivity index (χ4v) is 4.67. The molecule has 3 heterocycles. The summed E-state index contributed by atoms with van der Waals surface area (Å²) in [7, 11) is 1.30. The van der Waals surface area contributed by atoms with Crippen LogP contribution in [-0.2, 0) is 17.5 Å². The normalized spacial score (nSPS) is 11.6. The zero-order valence-electron chi connectivity index (χ0n) is 23.5. The van der Waals surface area contributed by atoms with Crippen LogP contribution >= 0.6 is 0 Å². The van der Waals surface area contributed by atoms with Gasteiger partial charge in [-0.3, -0.25) is 9.48 Å². The maximum Gasteiger partial charge on any atom is 0.433 e. The number of benzene rings is 2. The molecule has 0 fully saturated rings. The summed E-state index contributed by atoms with van der Waals surface area (Å²) >= 11 is 0. The van der Waals surface area contributed by atoms with E-state index in [9.17, 15) is 22.8 Å². The topological polar surface area (TPSA) is 103 Å². The van der Waals surface area contributed by atoms with Crippen molar-refractivity contribution in [1.82, 2.24) is 24.4 Å². The predicted octanol–water partition coefficient (Wildman–Crippen LogP) is 5.93. The van der Waals surface area contributed by atoms with Crippen LogP contribution in [0, 0.1) is 27.7 Å². The summed E-state index contributed by atoms with van der Waals surface area (Å²) in [4.78, 5) is 29.8. The van der Waals surface area contributed by atoms with E-state index in [1.807, 2.05) is 19.9 Å². The van der Waals surface area contributed by atoms with Crippen LogP contribution in [0.2, 0.25) is 0 Å². The van der Waals surface area contributed by atoms with E-state index in [1.54, 1.807) is 54.9 Å². The van der Waals surface area contributed by atoms with Crippen molar-refractivity contribution in [3.8, 4) is 11.3 Å². The third-order valence-corrected chi connectivity index (χ3v) is 7.12. The van der Waals surface area contributed by atoms with Crippen molar-refractivity contribution in [2.75, 3.05) is 12.4 Å². The molecular weight excluding hydrogens is 549 g/mol. The van der Waals surface area contributed by atoms with Gasteiger partial charge in [-0.25, -0.2) is 14.3 Å². The number of hydrogen-bond donors (Lipinski definition) is 1. The van der Waals surface area contributed by atoms with Crippen LogP contribution in [0.3, 0.4) is 0 Å². The van der Waals surface area contributed by atoms with Crippen LogP contribution in [0.25, 0.3) is 16.9 Å². The van der Waals surface area contributed by atoms with Gasteiger partial charge in [0.1, 0.15) is 0 Å². The number of aryl methyl sites for hydroxylation is 3. The van der Waals surface area contributed by atoms with Gasteiger partial charge in [0.15, 0.2) is 17.0 Å². The molecule has 1 N–H and O–H groups in total. The molecule has 12 heteroatoms. The first kappa shape index (κ1) is 28.5. The smallest absolute Gasteiger partial charge is 0.433 e. The largest absolute Gasteiger partial charge is 0.465 e. The molecule has 0 aliphatic carbocycles. The van der Waals surface area contributed by atoms with Gasteiger partial charge in [0.2, 0.25) is 0 Å². The van der Waals surface area contributed by atoms with Crippen molar-refractivity contribution >= 4 is 23.2 Å². The van der Waals surface area contributed by atoms with Gasteiger partial charge >= 0.3 is 12.1 Å². The average molecular weight is 577 g/mol.